The number of benzene rings is 2. The van der Waals surface area contributed by atoms with Crippen molar-refractivity contribution in [3.63, 3.8) is 0 Å². The van der Waals surface area contributed by atoms with E-state index in [-0.39, 0.29) is 5.41 Å². The lowest BCUT2D eigenvalue weighted by molar-refractivity contribution is 0.252. The summed E-state index contributed by atoms with van der Waals surface area (Å²) in [7, 11) is 0. The molecule has 0 spiro atoms. The van der Waals surface area contributed by atoms with Crippen molar-refractivity contribution in [1.29, 1.82) is 0 Å². The van der Waals surface area contributed by atoms with Crippen LogP contribution in [0.15, 0.2) is 53.0 Å². The van der Waals surface area contributed by atoms with Crippen LogP contribution < -0.4 is 5.32 Å². The third-order valence-corrected chi connectivity index (χ3v) is 5.30. The summed E-state index contributed by atoms with van der Waals surface area (Å²) in [4.78, 5) is 0. The van der Waals surface area contributed by atoms with Crippen LogP contribution in [0.2, 0.25) is 0 Å². The first-order valence-corrected chi connectivity index (χ1v) is 8.36. The van der Waals surface area contributed by atoms with E-state index >= 15 is 0 Å². The summed E-state index contributed by atoms with van der Waals surface area (Å²) in [6.45, 7) is 6.96. The lowest BCUT2D eigenvalue weighted by Gasteiger charge is -2.32. The standard InChI is InChI=1S/C19H22BrN/c1-13(15-9-6-7-11-17(15)20)21-18-16-10-5-4-8-14(16)12-19(18,2)3/h4-11,13,18,21H,12H2,1-3H3. The van der Waals surface area contributed by atoms with Crippen LogP contribution in [-0.4, -0.2) is 0 Å². The third kappa shape index (κ3) is 2.79. The minimum atomic E-state index is 0.249. The molecule has 0 radical (unpaired) electrons. The second-order valence-electron chi connectivity index (χ2n) is 6.71. The summed E-state index contributed by atoms with van der Waals surface area (Å²) in [5.74, 6) is 0. The summed E-state index contributed by atoms with van der Waals surface area (Å²) in [6, 6.07) is 18.0. The van der Waals surface area contributed by atoms with Crippen molar-refractivity contribution >= 4 is 15.9 Å². The predicted octanol–water partition coefficient (Wildman–Crippen LogP) is 5.42. The van der Waals surface area contributed by atoms with Crippen molar-refractivity contribution in [2.75, 3.05) is 0 Å². The molecule has 21 heavy (non-hydrogen) atoms. The topological polar surface area (TPSA) is 12.0 Å². The maximum Gasteiger partial charge on any atom is 0.0382 e. The van der Waals surface area contributed by atoms with Crippen LogP contribution in [-0.2, 0) is 6.42 Å². The van der Waals surface area contributed by atoms with Crippen molar-refractivity contribution in [2.45, 2.75) is 39.3 Å². The van der Waals surface area contributed by atoms with Gasteiger partial charge in [-0.15, -0.1) is 0 Å². The molecule has 3 rings (SSSR count). The second kappa shape index (κ2) is 5.58. The normalized spacial score (nSPS) is 21.0. The zero-order valence-electron chi connectivity index (χ0n) is 12.9. The van der Waals surface area contributed by atoms with E-state index in [9.17, 15) is 0 Å². The summed E-state index contributed by atoms with van der Waals surface area (Å²) in [6.07, 6.45) is 1.14. The molecule has 0 aliphatic heterocycles. The van der Waals surface area contributed by atoms with Gasteiger partial charge in [0.15, 0.2) is 0 Å². The molecule has 0 saturated heterocycles. The number of halogens is 1. The van der Waals surface area contributed by atoms with Crippen LogP contribution in [0, 0.1) is 5.41 Å². The maximum absolute atomic E-state index is 3.85. The molecule has 1 nitrogen and oxygen atoms in total. The highest BCUT2D eigenvalue weighted by Gasteiger charge is 2.39. The molecule has 0 saturated carbocycles. The second-order valence-corrected chi connectivity index (χ2v) is 7.56. The summed E-state index contributed by atoms with van der Waals surface area (Å²) in [5.41, 5.74) is 4.51. The first kappa shape index (κ1) is 14.8. The molecule has 2 heteroatoms. The van der Waals surface area contributed by atoms with Gasteiger partial charge in [-0.05, 0) is 41.5 Å². The van der Waals surface area contributed by atoms with Gasteiger partial charge in [0, 0.05) is 16.6 Å². The highest BCUT2D eigenvalue weighted by Crippen LogP contribution is 2.46. The predicted molar refractivity (Wildman–Crippen MR) is 92.4 cm³/mol. The summed E-state index contributed by atoms with van der Waals surface area (Å²) in [5, 5.41) is 3.85. The van der Waals surface area contributed by atoms with Crippen molar-refractivity contribution in [3.8, 4) is 0 Å². The van der Waals surface area contributed by atoms with E-state index in [2.05, 4.69) is 90.5 Å². The van der Waals surface area contributed by atoms with Crippen molar-refractivity contribution in [1.82, 2.24) is 5.32 Å². The van der Waals surface area contributed by atoms with Gasteiger partial charge in [-0.1, -0.05) is 72.2 Å². The highest BCUT2D eigenvalue weighted by atomic mass is 79.9. The van der Waals surface area contributed by atoms with Gasteiger partial charge in [-0.2, -0.15) is 0 Å². The number of hydrogen-bond donors (Lipinski definition) is 1. The van der Waals surface area contributed by atoms with Gasteiger partial charge in [0.1, 0.15) is 0 Å². The van der Waals surface area contributed by atoms with E-state index in [4.69, 9.17) is 0 Å². The number of rotatable bonds is 3. The number of fused-ring (bicyclic) bond motifs is 1. The van der Waals surface area contributed by atoms with Crippen LogP contribution in [0.3, 0.4) is 0 Å². The van der Waals surface area contributed by atoms with E-state index in [1.807, 2.05) is 0 Å². The fraction of sp³-hybridized carbons (Fsp3) is 0.368. The molecule has 2 atom stereocenters. The Morgan fingerprint density at radius 3 is 2.52 bits per heavy atom. The minimum Gasteiger partial charge on any atom is -0.303 e. The quantitative estimate of drug-likeness (QED) is 0.784. The molecule has 110 valence electrons. The fourth-order valence-corrected chi connectivity index (χ4v) is 4.10. The lowest BCUT2D eigenvalue weighted by Crippen LogP contribution is -2.33. The largest absolute Gasteiger partial charge is 0.303 e. The average Bonchev–Trinajstić information content (AvgIpc) is 2.70. The van der Waals surface area contributed by atoms with Crippen LogP contribution in [0.4, 0.5) is 0 Å². The Bertz CT molecular complexity index is 648. The number of nitrogens with one attached hydrogen (secondary N) is 1. The molecule has 0 bridgehead atoms. The zero-order valence-corrected chi connectivity index (χ0v) is 14.4. The Morgan fingerprint density at radius 1 is 1.10 bits per heavy atom. The van der Waals surface area contributed by atoms with Crippen LogP contribution in [0.5, 0.6) is 0 Å². The first-order chi connectivity index (χ1) is 9.99. The van der Waals surface area contributed by atoms with Gasteiger partial charge < -0.3 is 5.32 Å². The van der Waals surface area contributed by atoms with Gasteiger partial charge in [0.05, 0.1) is 0 Å². The van der Waals surface area contributed by atoms with Crippen molar-refractivity contribution < 1.29 is 0 Å². The Hall–Kier alpha value is -1.12. The molecule has 1 N–H and O–H groups in total. The molecular weight excluding hydrogens is 322 g/mol. The third-order valence-electron chi connectivity index (χ3n) is 4.58. The molecule has 0 heterocycles. The Balaban J connectivity index is 1.89. The molecule has 0 amide bonds. The highest BCUT2D eigenvalue weighted by molar-refractivity contribution is 9.10. The first-order valence-electron chi connectivity index (χ1n) is 7.57. The van der Waals surface area contributed by atoms with E-state index in [0.29, 0.717) is 12.1 Å². The molecule has 1 aliphatic rings. The van der Waals surface area contributed by atoms with Gasteiger partial charge >= 0.3 is 0 Å². The molecular formula is C19H22BrN. The minimum absolute atomic E-state index is 0.249. The van der Waals surface area contributed by atoms with E-state index in [1.54, 1.807) is 0 Å². The molecule has 2 unspecified atom stereocenters. The maximum atomic E-state index is 3.85. The SMILES string of the molecule is CC(NC1c2ccccc2CC1(C)C)c1ccccc1Br. The monoisotopic (exact) mass is 343 g/mol. The average molecular weight is 344 g/mol. The van der Waals surface area contributed by atoms with Gasteiger partial charge in [-0.25, -0.2) is 0 Å². The van der Waals surface area contributed by atoms with Crippen LogP contribution >= 0.6 is 15.9 Å². The zero-order chi connectivity index (χ0) is 15.0. The van der Waals surface area contributed by atoms with Gasteiger partial charge in [0.2, 0.25) is 0 Å². The van der Waals surface area contributed by atoms with E-state index in [1.165, 1.54) is 21.2 Å². The van der Waals surface area contributed by atoms with Crippen LogP contribution in [0.25, 0.3) is 0 Å². The van der Waals surface area contributed by atoms with Crippen molar-refractivity contribution in [3.05, 3.63) is 69.7 Å². The lowest BCUT2D eigenvalue weighted by atomic mass is 9.84. The van der Waals surface area contributed by atoms with Gasteiger partial charge in [0.25, 0.3) is 0 Å². The van der Waals surface area contributed by atoms with Gasteiger partial charge in [-0.3, -0.25) is 0 Å². The smallest absolute Gasteiger partial charge is 0.0382 e. The molecule has 0 aromatic heterocycles. The Morgan fingerprint density at radius 2 is 1.76 bits per heavy atom. The fourth-order valence-electron chi connectivity index (χ4n) is 3.47. The summed E-state index contributed by atoms with van der Waals surface area (Å²) >= 11 is 3.67. The van der Waals surface area contributed by atoms with E-state index in [0.717, 1.165) is 6.42 Å². The molecule has 0 fully saturated rings. The van der Waals surface area contributed by atoms with E-state index < -0.39 is 0 Å². The number of hydrogen-bond acceptors (Lipinski definition) is 1. The van der Waals surface area contributed by atoms with Crippen LogP contribution in [0.1, 0.15) is 49.5 Å². The summed E-state index contributed by atoms with van der Waals surface area (Å²) < 4.78 is 1.18. The Labute approximate surface area is 135 Å². The molecule has 1 aliphatic carbocycles. The molecule has 2 aromatic rings. The van der Waals surface area contributed by atoms with Crippen molar-refractivity contribution in [2.24, 2.45) is 5.41 Å². The Kier molecular flexibility index (Phi) is 3.94. The molecule has 2 aromatic carbocycles.